The molecule has 0 unspecified atom stereocenters. The summed E-state index contributed by atoms with van der Waals surface area (Å²) >= 11 is 0. The number of benzene rings is 6. The quantitative estimate of drug-likeness (QED) is 0.214. The van der Waals surface area contributed by atoms with Crippen LogP contribution in [0.25, 0.3) is 83.1 Å². The van der Waals surface area contributed by atoms with Crippen LogP contribution in [0.1, 0.15) is 0 Å². The Balaban J connectivity index is 1.37. The lowest BCUT2D eigenvalue weighted by Gasteiger charge is -2.14. The fourth-order valence-electron chi connectivity index (χ4n) is 6.62. The monoisotopic (exact) mass is 562 g/mol. The lowest BCUT2D eigenvalue weighted by Crippen LogP contribution is -1.97. The van der Waals surface area contributed by atoms with Crippen molar-refractivity contribution in [3.8, 4) is 39.3 Å². The van der Waals surface area contributed by atoms with Gasteiger partial charge in [-0.3, -0.25) is 0 Å². The van der Waals surface area contributed by atoms with Gasteiger partial charge in [0.2, 0.25) is 0 Å². The van der Waals surface area contributed by atoms with E-state index in [2.05, 4.69) is 150 Å². The molecule has 0 aliphatic rings. The van der Waals surface area contributed by atoms with Crippen molar-refractivity contribution in [2.24, 2.45) is 0 Å². The Morgan fingerprint density at radius 3 is 1.89 bits per heavy atom. The van der Waals surface area contributed by atoms with E-state index in [1.165, 1.54) is 16.3 Å². The van der Waals surface area contributed by atoms with E-state index in [1.54, 1.807) is 0 Å². The Hall–Kier alpha value is -5.93. The molecule has 9 rings (SSSR count). The van der Waals surface area contributed by atoms with Gasteiger partial charge in [0.15, 0.2) is 0 Å². The molecule has 0 radical (unpaired) electrons. The topological polar surface area (TPSA) is 31.0 Å². The molecule has 9 aromatic rings. The van der Waals surface area contributed by atoms with E-state index in [1.807, 2.05) is 12.1 Å². The van der Waals surface area contributed by atoms with E-state index in [0.29, 0.717) is 0 Å². The molecule has 0 atom stereocenters. The third-order valence-electron chi connectivity index (χ3n) is 8.60. The minimum atomic E-state index is 0.856. The number of para-hydroxylation sites is 5. The van der Waals surface area contributed by atoms with Gasteiger partial charge in [-0.2, -0.15) is 0 Å². The zero-order valence-corrected chi connectivity index (χ0v) is 23.8. The van der Waals surface area contributed by atoms with Crippen LogP contribution in [-0.2, 0) is 0 Å². The van der Waals surface area contributed by atoms with Crippen LogP contribution in [0, 0.1) is 0 Å². The molecule has 44 heavy (non-hydrogen) atoms. The van der Waals surface area contributed by atoms with Crippen molar-refractivity contribution in [3.63, 3.8) is 0 Å². The standard InChI is InChI=1S/C41H26N2O/c1-3-13-27(14-4-1)28-25-36(42-37(26-28)35-22-12-20-33-31-18-8-10-24-39(31)44-41(33)35)34-21-11-19-32-30-17-7-9-23-38(30)43(40(32)34)29-15-5-2-6-16-29/h1-26H. The fraction of sp³-hybridized carbons (Fsp3) is 0. The summed E-state index contributed by atoms with van der Waals surface area (Å²) in [5.41, 5.74) is 11.3. The average molecular weight is 563 g/mol. The Labute approximate surface area is 254 Å². The maximum absolute atomic E-state index is 6.47. The normalized spacial score (nSPS) is 11.6. The van der Waals surface area contributed by atoms with Crippen LogP contribution >= 0.6 is 0 Å². The summed E-state index contributed by atoms with van der Waals surface area (Å²) < 4.78 is 8.84. The molecule has 3 heterocycles. The maximum atomic E-state index is 6.47. The molecule has 6 aromatic carbocycles. The zero-order valence-electron chi connectivity index (χ0n) is 23.8. The Bertz CT molecular complexity index is 2490. The largest absolute Gasteiger partial charge is 0.455 e. The van der Waals surface area contributed by atoms with E-state index in [9.17, 15) is 0 Å². The molecule has 3 aromatic heterocycles. The predicted molar refractivity (Wildman–Crippen MR) is 182 cm³/mol. The number of hydrogen-bond donors (Lipinski definition) is 0. The van der Waals surface area contributed by atoms with Gasteiger partial charge in [0.1, 0.15) is 11.2 Å². The van der Waals surface area contributed by atoms with Gasteiger partial charge < -0.3 is 8.98 Å². The highest BCUT2D eigenvalue weighted by molar-refractivity contribution is 6.14. The first-order valence-corrected chi connectivity index (χ1v) is 14.9. The molecular formula is C41H26N2O. The summed E-state index contributed by atoms with van der Waals surface area (Å²) in [6.45, 7) is 0. The molecule has 206 valence electrons. The Kier molecular flexibility index (Phi) is 5.50. The van der Waals surface area contributed by atoms with E-state index >= 15 is 0 Å². The van der Waals surface area contributed by atoms with Crippen molar-refractivity contribution < 1.29 is 4.42 Å². The smallest absolute Gasteiger partial charge is 0.144 e. The number of pyridine rings is 1. The van der Waals surface area contributed by atoms with Crippen LogP contribution in [0.4, 0.5) is 0 Å². The number of hydrogen-bond acceptors (Lipinski definition) is 2. The maximum Gasteiger partial charge on any atom is 0.144 e. The van der Waals surface area contributed by atoms with Crippen LogP contribution in [0.3, 0.4) is 0 Å². The van der Waals surface area contributed by atoms with Crippen molar-refractivity contribution in [1.82, 2.24) is 9.55 Å². The third-order valence-corrected chi connectivity index (χ3v) is 8.60. The van der Waals surface area contributed by atoms with Crippen molar-refractivity contribution in [1.29, 1.82) is 0 Å². The zero-order chi connectivity index (χ0) is 29.0. The summed E-state index contributed by atoms with van der Waals surface area (Å²) in [5.74, 6) is 0. The SMILES string of the molecule is c1ccc(-c2cc(-c3cccc4c3oc3ccccc34)nc(-c3cccc4c5ccccc5n(-c5ccccc5)c34)c2)cc1. The number of fused-ring (bicyclic) bond motifs is 6. The Morgan fingerprint density at radius 2 is 1.07 bits per heavy atom. The number of nitrogens with zero attached hydrogens (tertiary/aromatic N) is 2. The van der Waals surface area contributed by atoms with Gasteiger partial charge in [0.25, 0.3) is 0 Å². The van der Waals surface area contributed by atoms with Crippen LogP contribution in [-0.4, -0.2) is 9.55 Å². The lowest BCUT2D eigenvalue weighted by atomic mass is 9.98. The highest BCUT2D eigenvalue weighted by Gasteiger charge is 2.19. The van der Waals surface area contributed by atoms with Gasteiger partial charge in [-0.25, -0.2) is 4.98 Å². The van der Waals surface area contributed by atoms with Crippen molar-refractivity contribution >= 4 is 43.7 Å². The van der Waals surface area contributed by atoms with Gasteiger partial charge in [-0.05, 0) is 53.6 Å². The lowest BCUT2D eigenvalue weighted by molar-refractivity contribution is 0.670. The summed E-state index contributed by atoms with van der Waals surface area (Å²) in [6.07, 6.45) is 0. The Morgan fingerprint density at radius 1 is 0.455 bits per heavy atom. The molecule has 0 aliphatic heterocycles. The molecule has 0 saturated carbocycles. The highest BCUT2D eigenvalue weighted by atomic mass is 16.3. The van der Waals surface area contributed by atoms with Gasteiger partial charge in [-0.15, -0.1) is 0 Å². The molecule has 0 aliphatic carbocycles. The predicted octanol–water partition coefficient (Wildman–Crippen LogP) is 11.1. The molecular weight excluding hydrogens is 536 g/mol. The summed E-state index contributed by atoms with van der Waals surface area (Å²) in [6, 6.07) is 55.3. The van der Waals surface area contributed by atoms with E-state index < -0.39 is 0 Å². The molecule has 0 bridgehead atoms. The third kappa shape index (κ3) is 3.80. The number of aromatic nitrogens is 2. The van der Waals surface area contributed by atoms with Crippen LogP contribution < -0.4 is 0 Å². The number of rotatable bonds is 4. The summed E-state index contributed by atoms with van der Waals surface area (Å²) in [4.78, 5) is 5.40. The molecule has 0 amide bonds. The minimum absolute atomic E-state index is 0.856. The second kappa shape index (κ2) is 9.82. The molecule has 3 heteroatoms. The van der Waals surface area contributed by atoms with E-state index in [0.717, 1.165) is 66.8 Å². The van der Waals surface area contributed by atoms with E-state index in [4.69, 9.17) is 9.40 Å². The molecule has 0 spiro atoms. The molecule has 3 nitrogen and oxygen atoms in total. The number of furan rings is 1. The first-order chi connectivity index (χ1) is 21.8. The first kappa shape index (κ1) is 24.6. The molecule has 0 N–H and O–H groups in total. The van der Waals surface area contributed by atoms with Crippen molar-refractivity contribution in [2.45, 2.75) is 0 Å². The van der Waals surface area contributed by atoms with Crippen LogP contribution in [0.5, 0.6) is 0 Å². The molecule has 0 fully saturated rings. The van der Waals surface area contributed by atoms with Crippen molar-refractivity contribution in [2.75, 3.05) is 0 Å². The summed E-state index contributed by atoms with van der Waals surface area (Å²) in [7, 11) is 0. The second-order valence-corrected chi connectivity index (χ2v) is 11.2. The van der Waals surface area contributed by atoms with Crippen LogP contribution in [0.15, 0.2) is 162 Å². The van der Waals surface area contributed by atoms with Crippen LogP contribution in [0.2, 0.25) is 0 Å². The van der Waals surface area contributed by atoms with Gasteiger partial charge in [0.05, 0.1) is 22.4 Å². The second-order valence-electron chi connectivity index (χ2n) is 11.2. The summed E-state index contributed by atoms with van der Waals surface area (Å²) in [5, 5.41) is 4.63. The average Bonchev–Trinajstić information content (AvgIpc) is 3.65. The highest BCUT2D eigenvalue weighted by Crippen LogP contribution is 2.41. The fourth-order valence-corrected chi connectivity index (χ4v) is 6.62. The van der Waals surface area contributed by atoms with Gasteiger partial charge in [-0.1, -0.05) is 115 Å². The van der Waals surface area contributed by atoms with Gasteiger partial charge >= 0.3 is 0 Å². The van der Waals surface area contributed by atoms with Crippen molar-refractivity contribution in [3.05, 3.63) is 158 Å². The van der Waals surface area contributed by atoms with Gasteiger partial charge in [0, 0.05) is 38.4 Å². The first-order valence-electron chi connectivity index (χ1n) is 14.9. The molecule has 0 saturated heterocycles. The van der Waals surface area contributed by atoms with E-state index in [-0.39, 0.29) is 0 Å². The minimum Gasteiger partial charge on any atom is -0.455 e.